The highest BCUT2D eigenvalue weighted by molar-refractivity contribution is 7.87. The van der Waals surface area contributed by atoms with Crippen molar-refractivity contribution in [2.24, 2.45) is 4.74 Å². The Hall–Kier alpha value is -3.94. The van der Waals surface area contributed by atoms with Crippen LogP contribution in [0.25, 0.3) is 6.08 Å². The van der Waals surface area contributed by atoms with E-state index in [9.17, 15) is 4.79 Å². The van der Waals surface area contributed by atoms with Crippen molar-refractivity contribution >= 4 is 35.0 Å². The topological polar surface area (TPSA) is 38.7 Å². The van der Waals surface area contributed by atoms with Crippen LogP contribution in [0.3, 0.4) is 0 Å². The number of nitrogens with zero attached hydrogens (tertiary/aromatic N) is 1. The number of rotatable bonds is 15. The minimum absolute atomic E-state index is 0.281. The maximum absolute atomic E-state index is 13.5. The molecule has 4 rings (SSSR count). The second-order valence-electron chi connectivity index (χ2n) is 11.0. The summed E-state index contributed by atoms with van der Waals surface area (Å²) in [5.74, 6) is -0.418. The smallest absolute Gasteiger partial charge is 0.356 e. The van der Waals surface area contributed by atoms with E-state index in [1.165, 1.54) is 36.8 Å². The normalized spacial score (nSPS) is 11.9. The molecule has 4 aromatic carbocycles. The van der Waals surface area contributed by atoms with Crippen LogP contribution in [-0.4, -0.2) is 12.6 Å². The van der Waals surface area contributed by atoms with Gasteiger partial charge in [-0.15, -0.1) is 0 Å². The Morgan fingerprint density at radius 2 is 1.27 bits per heavy atom. The van der Waals surface area contributed by atoms with E-state index in [4.69, 9.17) is 9.48 Å². The summed E-state index contributed by atoms with van der Waals surface area (Å²) >= 11 is 0. The number of allylic oxidation sites excluding steroid dienone is 2. The molecule has 4 aromatic rings. The molecule has 0 unspecified atom stereocenters. The molecule has 0 saturated carbocycles. The van der Waals surface area contributed by atoms with Gasteiger partial charge in [0, 0.05) is 15.9 Å². The molecule has 0 N–H and O–H groups in total. The van der Waals surface area contributed by atoms with Crippen LogP contribution in [0.1, 0.15) is 69.6 Å². The lowest BCUT2D eigenvalue weighted by Gasteiger charge is -2.27. The predicted octanol–water partition coefficient (Wildman–Crippen LogP) is 9.40. The standard InChI is InChI=1S/C40H46NO2P/c1-4-7-8-12-22-34-31-30-33(32-35(34)20-5-2)21-19-29-39(40(42)43-6-3)41-44(36-23-13-9-14-24-36,37-25-15-10-16-26-37)38-27-17-11-18-28-38/h9-11,13-19,21,23-32H,4-8,12,20,22H2,1-3H3/b21-19+,39-29-. The summed E-state index contributed by atoms with van der Waals surface area (Å²) in [6, 6.07) is 37.8. The third-order valence-electron chi connectivity index (χ3n) is 7.72. The molecule has 0 radical (unpaired) electrons. The van der Waals surface area contributed by atoms with E-state index >= 15 is 0 Å². The van der Waals surface area contributed by atoms with E-state index < -0.39 is 13.0 Å². The van der Waals surface area contributed by atoms with Crippen LogP contribution >= 0.6 is 7.05 Å². The van der Waals surface area contributed by atoms with E-state index in [-0.39, 0.29) is 6.61 Å². The van der Waals surface area contributed by atoms with Crippen molar-refractivity contribution in [2.75, 3.05) is 6.61 Å². The number of benzene rings is 4. The molecule has 0 aromatic heterocycles. The lowest BCUT2D eigenvalue weighted by Crippen LogP contribution is -2.26. The Balaban J connectivity index is 1.83. The van der Waals surface area contributed by atoms with Gasteiger partial charge in [0.2, 0.25) is 0 Å². The fourth-order valence-electron chi connectivity index (χ4n) is 5.55. The van der Waals surface area contributed by atoms with Crippen molar-refractivity contribution in [1.82, 2.24) is 0 Å². The van der Waals surface area contributed by atoms with Gasteiger partial charge in [-0.2, -0.15) is 0 Å². The Morgan fingerprint density at radius 3 is 1.80 bits per heavy atom. The third kappa shape index (κ3) is 8.58. The van der Waals surface area contributed by atoms with Crippen molar-refractivity contribution in [2.45, 2.75) is 65.7 Å². The molecule has 0 amide bonds. The highest BCUT2D eigenvalue weighted by Gasteiger charge is 2.29. The second kappa shape index (κ2) is 17.4. The van der Waals surface area contributed by atoms with Gasteiger partial charge in [-0.3, -0.25) is 0 Å². The molecule has 0 heterocycles. The molecular formula is C40H46NO2P. The number of hydrogen-bond acceptors (Lipinski definition) is 3. The van der Waals surface area contributed by atoms with Crippen LogP contribution < -0.4 is 15.9 Å². The average molecular weight is 604 g/mol. The van der Waals surface area contributed by atoms with Gasteiger partial charge in [-0.1, -0.05) is 161 Å². The Kier molecular flexibility index (Phi) is 13.0. The van der Waals surface area contributed by atoms with Crippen LogP contribution in [-0.2, 0) is 22.4 Å². The quantitative estimate of drug-likeness (QED) is 0.0446. The predicted molar refractivity (Wildman–Crippen MR) is 190 cm³/mol. The highest BCUT2D eigenvalue weighted by atomic mass is 31.2. The number of carbonyl (C=O) groups excluding carboxylic acids is 1. The molecule has 0 atom stereocenters. The molecule has 4 heteroatoms. The summed E-state index contributed by atoms with van der Waals surface area (Å²) in [6.45, 7) is 6.60. The molecule has 0 spiro atoms. The van der Waals surface area contributed by atoms with E-state index in [1.807, 2.05) is 73.7 Å². The zero-order valence-corrected chi connectivity index (χ0v) is 27.4. The van der Waals surface area contributed by atoms with Crippen LogP contribution in [0.4, 0.5) is 0 Å². The molecule has 0 saturated heterocycles. The van der Waals surface area contributed by atoms with Gasteiger partial charge in [0.05, 0.1) is 13.7 Å². The van der Waals surface area contributed by atoms with Gasteiger partial charge < -0.3 is 4.74 Å². The number of aryl methyl sites for hydroxylation is 2. The molecular weight excluding hydrogens is 557 g/mol. The Labute approximate surface area is 264 Å². The van der Waals surface area contributed by atoms with Crippen molar-refractivity contribution in [1.29, 1.82) is 0 Å². The van der Waals surface area contributed by atoms with Gasteiger partial charge in [0.15, 0.2) is 0 Å². The van der Waals surface area contributed by atoms with E-state index in [2.05, 4.69) is 74.5 Å². The molecule has 44 heavy (non-hydrogen) atoms. The summed E-state index contributed by atoms with van der Waals surface area (Å²) in [7, 11) is -2.62. The van der Waals surface area contributed by atoms with Crippen LogP contribution in [0, 0.1) is 0 Å². The second-order valence-corrected chi connectivity index (χ2v) is 14.0. The number of hydrogen-bond donors (Lipinski definition) is 0. The minimum atomic E-state index is -2.62. The fourth-order valence-corrected chi connectivity index (χ4v) is 9.07. The van der Waals surface area contributed by atoms with Crippen molar-refractivity contribution < 1.29 is 9.53 Å². The molecule has 3 nitrogen and oxygen atoms in total. The van der Waals surface area contributed by atoms with Crippen molar-refractivity contribution in [3.05, 3.63) is 144 Å². The molecule has 0 aliphatic carbocycles. The summed E-state index contributed by atoms with van der Waals surface area (Å²) in [6.07, 6.45) is 14.2. The molecule has 228 valence electrons. The zero-order chi connectivity index (χ0) is 31.0. The molecule has 0 bridgehead atoms. The first-order valence-corrected chi connectivity index (χ1v) is 17.8. The average Bonchev–Trinajstić information content (AvgIpc) is 3.07. The summed E-state index contributed by atoms with van der Waals surface area (Å²) in [5.41, 5.74) is 4.32. The zero-order valence-electron chi connectivity index (χ0n) is 26.5. The number of carbonyl (C=O) groups is 1. The SMILES string of the molecule is CCCCCCc1ccc(/C=C/C=C(\N=P(c2ccccc2)(c2ccccc2)c2ccccc2)C(=O)OCC)cc1CCC. The van der Waals surface area contributed by atoms with Gasteiger partial charge in [-0.25, -0.2) is 9.54 Å². The number of esters is 1. The van der Waals surface area contributed by atoms with Gasteiger partial charge in [0.1, 0.15) is 5.70 Å². The highest BCUT2D eigenvalue weighted by Crippen LogP contribution is 2.47. The third-order valence-corrected chi connectivity index (χ3v) is 11.4. The van der Waals surface area contributed by atoms with Gasteiger partial charge >= 0.3 is 5.97 Å². The first kappa shape index (κ1) is 33.0. The van der Waals surface area contributed by atoms with Crippen LogP contribution in [0.2, 0.25) is 0 Å². The lowest BCUT2D eigenvalue weighted by atomic mass is 9.96. The van der Waals surface area contributed by atoms with E-state index in [0.717, 1.165) is 40.7 Å². The van der Waals surface area contributed by atoms with Crippen LogP contribution in [0.15, 0.2) is 132 Å². The Bertz CT molecular complexity index is 1470. The molecule has 0 aliphatic heterocycles. The van der Waals surface area contributed by atoms with Gasteiger partial charge in [0.25, 0.3) is 0 Å². The van der Waals surface area contributed by atoms with Crippen LogP contribution in [0.5, 0.6) is 0 Å². The summed E-state index contributed by atoms with van der Waals surface area (Å²) in [4.78, 5) is 13.5. The lowest BCUT2D eigenvalue weighted by molar-refractivity contribution is -0.138. The minimum Gasteiger partial charge on any atom is -0.461 e. The van der Waals surface area contributed by atoms with E-state index in [0.29, 0.717) is 5.70 Å². The largest absolute Gasteiger partial charge is 0.461 e. The summed E-state index contributed by atoms with van der Waals surface area (Å²) < 4.78 is 11.0. The van der Waals surface area contributed by atoms with Gasteiger partial charge in [-0.05, 0) is 49.0 Å². The first-order chi connectivity index (χ1) is 21.6. The molecule has 0 aliphatic rings. The number of ether oxygens (including phenoxy) is 1. The Morgan fingerprint density at radius 1 is 0.682 bits per heavy atom. The van der Waals surface area contributed by atoms with E-state index in [1.54, 1.807) is 0 Å². The number of unbranched alkanes of at least 4 members (excludes halogenated alkanes) is 3. The van der Waals surface area contributed by atoms with Crippen molar-refractivity contribution in [3.63, 3.8) is 0 Å². The fraction of sp³-hybridized carbons (Fsp3) is 0.275. The maximum Gasteiger partial charge on any atom is 0.356 e. The van der Waals surface area contributed by atoms with Crippen molar-refractivity contribution in [3.8, 4) is 0 Å². The monoisotopic (exact) mass is 603 g/mol. The molecule has 0 fully saturated rings. The first-order valence-electron chi connectivity index (χ1n) is 16.1. The summed E-state index contributed by atoms with van der Waals surface area (Å²) in [5, 5.41) is 3.24. The maximum atomic E-state index is 13.5.